The van der Waals surface area contributed by atoms with Crippen molar-refractivity contribution < 1.29 is 27.8 Å². The second-order valence-corrected chi connectivity index (χ2v) is 3.65. The minimum absolute atomic E-state index is 0.0937. The van der Waals surface area contributed by atoms with Crippen LogP contribution in [0.1, 0.15) is 15.9 Å². The van der Waals surface area contributed by atoms with Gasteiger partial charge in [-0.1, -0.05) is 0 Å². The molecule has 8 heteroatoms. The topological polar surface area (TPSA) is 70.3 Å². The van der Waals surface area contributed by atoms with Crippen molar-refractivity contribution in [2.24, 2.45) is 0 Å². The van der Waals surface area contributed by atoms with Crippen molar-refractivity contribution in [3.05, 3.63) is 27.7 Å². The summed E-state index contributed by atoms with van der Waals surface area (Å²) in [5.41, 5.74) is -0.836. The Kier molecular flexibility index (Phi) is 3.63. The number of rotatable bonds is 2. The summed E-state index contributed by atoms with van der Waals surface area (Å²) in [6, 6.07) is 3.46. The van der Waals surface area contributed by atoms with Crippen LogP contribution in [0.4, 0.5) is 13.2 Å². The quantitative estimate of drug-likeness (QED) is 0.912. The van der Waals surface area contributed by atoms with Crippen molar-refractivity contribution in [2.75, 3.05) is 0 Å². The zero-order chi connectivity index (χ0) is 13.2. The predicted molar refractivity (Wildman–Crippen MR) is 52.5 cm³/mol. The van der Waals surface area contributed by atoms with Crippen LogP contribution in [-0.4, -0.2) is 17.4 Å². The summed E-state index contributed by atoms with van der Waals surface area (Å²) < 4.78 is 39.5. The van der Waals surface area contributed by atoms with Crippen LogP contribution in [0.3, 0.4) is 0 Å². The zero-order valence-corrected chi connectivity index (χ0v) is 9.46. The largest absolute Gasteiger partial charge is 0.573 e. The number of aromatic carboxylic acids is 1. The van der Waals surface area contributed by atoms with E-state index in [0.717, 1.165) is 12.1 Å². The van der Waals surface area contributed by atoms with Crippen molar-refractivity contribution >= 4 is 21.9 Å². The molecule has 0 aliphatic rings. The van der Waals surface area contributed by atoms with Gasteiger partial charge < -0.3 is 9.84 Å². The van der Waals surface area contributed by atoms with Gasteiger partial charge in [-0.2, -0.15) is 5.26 Å². The molecule has 0 saturated heterocycles. The highest BCUT2D eigenvalue weighted by molar-refractivity contribution is 9.10. The molecular formula is C9H3BrF3NO3. The van der Waals surface area contributed by atoms with E-state index in [1.54, 1.807) is 6.07 Å². The SMILES string of the molecule is N#Cc1cc(Br)c(OC(F)(F)F)c(C(=O)O)c1. The average molecular weight is 310 g/mol. The summed E-state index contributed by atoms with van der Waals surface area (Å²) in [6.07, 6.45) is -5.01. The molecule has 1 aromatic rings. The number of halogens is 4. The van der Waals surface area contributed by atoms with Crippen molar-refractivity contribution in [3.63, 3.8) is 0 Å². The van der Waals surface area contributed by atoms with Gasteiger partial charge in [-0.3, -0.25) is 0 Å². The van der Waals surface area contributed by atoms with Crippen LogP contribution in [0.15, 0.2) is 16.6 Å². The molecule has 0 heterocycles. The fourth-order valence-corrected chi connectivity index (χ4v) is 1.58. The third kappa shape index (κ3) is 3.35. The molecule has 17 heavy (non-hydrogen) atoms. The highest BCUT2D eigenvalue weighted by Gasteiger charge is 2.34. The molecule has 0 atom stereocenters. The number of hydrogen-bond donors (Lipinski definition) is 1. The lowest BCUT2D eigenvalue weighted by Crippen LogP contribution is -2.19. The third-order valence-corrected chi connectivity index (χ3v) is 2.21. The Balaban J connectivity index is 3.38. The van der Waals surface area contributed by atoms with E-state index >= 15 is 0 Å². The summed E-state index contributed by atoms with van der Waals surface area (Å²) in [6.45, 7) is 0. The van der Waals surface area contributed by atoms with E-state index in [1.165, 1.54) is 0 Å². The molecule has 0 aliphatic carbocycles. The summed E-state index contributed by atoms with van der Waals surface area (Å²) in [4.78, 5) is 10.8. The van der Waals surface area contributed by atoms with E-state index in [0.29, 0.717) is 0 Å². The minimum Gasteiger partial charge on any atom is -0.478 e. The van der Waals surface area contributed by atoms with Crippen LogP contribution >= 0.6 is 15.9 Å². The first kappa shape index (κ1) is 13.3. The number of ether oxygens (including phenoxy) is 1. The lowest BCUT2D eigenvalue weighted by molar-refractivity contribution is -0.275. The van der Waals surface area contributed by atoms with Gasteiger partial charge in [0.15, 0.2) is 5.75 Å². The molecule has 0 bridgehead atoms. The van der Waals surface area contributed by atoms with Crippen molar-refractivity contribution in [3.8, 4) is 11.8 Å². The normalized spacial score (nSPS) is 10.8. The molecule has 0 radical (unpaired) electrons. The van der Waals surface area contributed by atoms with Crippen LogP contribution in [0.2, 0.25) is 0 Å². The van der Waals surface area contributed by atoms with Crippen LogP contribution in [0, 0.1) is 11.3 Å². The van der Waals surface area contributed by atoms with Gasteiger partial charge in [0.05, 0.1) is 16.1 Å². The number of carbonyl (C=O) groups is 1. The van der Waals surface area contributed by atoms with E-state index in [2.05, 4.69) is 20.7 Å². The molecule has 1 aromatic carbocycles. The van der Waals surface area contributed by atoms with Gasteiger partial charge in [-0.25, -0.2) is 4.79 Å². The van der Waals surface area contributed by atoms with E-state index in [-0.39, 0.29) is 10.0 Å². The maximum absolute atomic E-state index is 12.0. The van der Waals surface area contributed by atoms with Crippen molar-refractivity contribution in [2.45, 2.75) is 6.36 Å². The lowest BCUT2D eigenvalue weighted by atomic mass is 10.1. The van der Waals surface area contributed by atoms with Crippen LogP contribution in [0.5, 0.6) is 5.75 Å². The molecule has 0 spiro atoms. The summed E-state index contributed by atoms with van der Waals surface area (Å²) in [7, 11) is 0. The monoisotopic (exact) mass is 309 g/mol. The van der Waals surface area contributed by atoms with Gasteiger partial charge in [0.1, 0.15) is 5.56 Å². The second kappa shape index (κ2) is 4.63. The van der Waals surface area contributed by atoms with Crippen LogP contribution in [-0.2, 0) is 0 Å². The number of carboxylic acid groups (broad SMARTS) is 1. The number of alkyl halides is 3. The van der Waals surface area contributed by atoms with E-state index in [4.69, 9.17) is 10.4 Å². The van der Waals surface area contributed by atoms with E-state index in [9.17, 15) is 18.0 Å². The Morgan fingerprint density at radius 1 is 1.47 bits per heavy atom. The maximum atomic E-state index is 12.0. The highest BCUT2D eigenvalue weighted by atomic mass is 79.9. The molecule has 0 amide bonds. The number of nitriles is 1. The molecule has 0 unspecified atom stereocenters. The first-order valence-corrected chi connectivity index (χ1v) is 4.76. The fourth-order valence-electron chi connectivity index (χ4n) is 1.04. The minimum atomic E-state index is -5.01. The molecular weight excluding hydrogens is 307 g/mol. The second-order valence-electron chi connectivity index (χ2n) is 2.80. The van der Waals surface area contributed by atoms with Gasteiger partial charge in [0.25, 0.3) is 0 Å². The van der Waals surface area contributed by atoms with E-state index in [1.807, 2.05) is 0 Å². The smallest absolute Gasteiger partial charge is 0.478 e. The molecule has 90 valence electrons. The van der Waals surface area contributed by atoms with Crippen LogP contribution < -0.4 is 4.74 Å². The van der Waals surface area contributed by atoms with Crippen LogP contribution in [0.25, 0.3) is 0 Å². The zero-order valence-electron chi connectivity index (χ0n) is 7.88. The molecule has 1 N–H and O–H groups in total. The lowest BCUT2D eigenvalue weighted by Gasteiger charge is -2.13. The van der Waals surface area contributed by atoms with Gasteiger partial charge >= 0.3 is 12.3 Å². The van der Waals surface area contributed by atoms with Gasteiger partial charge in [0.2, 0.25) is 0 Å². The van der Waals surface area contributed by atoms with Gasteiger partial charge in [-0.05, 0) is 28.1 Å². The highest BCUT2D eigenvalue weighted by Crippen LogP contribution is 2.34. The Morgan fingerprint density at radius 2 is 2.06 bits per heavy atom. The predicted octanol–water partition coefficient (Wildman–Crippen LogP) is 2.92. The maximum Gasteiger partial charge on any atom is 0.573 e. The van der Waals surface area contributed by atoms with E-state index < -0.39 is 23.6 Å². The third-order valence-electron chi connectivity index (χ3n) is 1.62. The summed E-state index contributed by atoms with van der Waals surface area (Å²) in [5.74, 6) is -2.51. The first-order chi connectivity index (χ1) is 7.74. The fraction of sp³-hybridized carbons (Fsp3) is 0.111. The molecule has 1 rings (SSSR count). The summed E-state index contributed by atoms with van der Waals surface area (Å²) in [5, 5.41) is 17.3. The Bertz CT molecular complexity index is 507. The molecule has 4 nitrogen and oxygen atoms in total. The first-order valence-electron chi connectivity index (χ1n) is 3.97. The number of benzene rings is 1. The standard InChI is InChI=1S/C9H3BrF3NO3/c10-6-2-4(3-14)1-5(8(15)16)7(6)17-9(11,12)13/h1-2H,(H,15,16). The van der Waals surface area contributed by atoms with Crippen molar-refractivity contribution in [1.82, 2.24) is 0 Å². The Morgan fingerprint density at radius 3 is 2.47 bits per heavy atom. The molecule has 0 aromatic heterocycles. The number of carboxylic acids is 1. The molecule has 0 aliphatic heterocycles. The Hall–Kier alpha value is -1.75. The molecule has 0 saturated carbocycles. The average Bonchev–Trinajstić information content (AvgIpc) is 2.18. The molecule has 0 fully saturated rings. The summed E-state index contributed by atoms with van der Waals surface area (Å²) >= 11 is 2.72. The number of nitrogens with zero attached hydrogens (tertiary/aromatic N) is 1. The number of hydrogen-bond acceptors (Lipinski definition) is 3. The Labute approximate surface area is 101 Å². The van der Waals surface area contributed by atoms with Gasteiger partial charge in [0, 0.05) is 0 Å². The van der Waals surface area contributed by atoms with Gasteiger partial charge in [-0.15, -0.1) is 13.2 Å². The van der Waals surface area contributed by atoms with Crippen molar-refractivity contribution in [1.29, 1.82) is 5.26 Å².